The second-order valence-corrected chi connectivity index (χ2v) is 5.98. The topological polar surface area (TPSA) is 56.7 Å². The fourth-order valence-electron chi connectivity index (χ4n) is 2.05. The monoisotopic (exact) mass is 258 g/mol. The van der Waals surface area contributed by atoms with Gasteiger partial charge in [-0.1, -0.05) is 45.0 Å². The number of nitrogens with zero attached hydrogens (tertiary/aromatic N) is 3. The molecule has 2 rings (SSSR count). The molecule has 1 atom stereocenters. The highest BCUT2D eigenvalue weighted by Crippen LogP contribution is 2.24. The smallest absolute Gasteiger partial charge is 0.138 e. The first kappa shape index (κ1) is 13.7. The second-order valence-electron chi connectivity index (χ2n) is 5.98. The van der Waals surface area contributed by atoms with Gasteiger partial charge in [0.2, 0.25) is 0 Å². The average molecular weight is 258 g/mol. The van der Waals surface area contributed by atoms with E-state index in [9.17, 15) is 0 Å². The third-order valence-electron chi connectivity index (χ3n) is 3.41. The van der Waals surface area contributed by atoms with Gasteiger partial charge in [-0.05, 0) is 16.5 Å². The zero-order chi connectivity index (χ0) is 14.0. The Morgan fingerprint density at radius 1 is 1.21 bits per heavy atom. The zero-order valence-electron chi connectivity index (χ0n) is 12.1. The summed E-state index contributed by atoms with van der Waals surface area (Å²) in [5.74, 6) is 0.910. The quantitative estimate of drug-likeness (QED) is 0.919. The largest absolute Gasteiger partial charge is 0.324 e. The van der Waals surface area contributed by atoms with E-state index in [1.807, 2.05) is 7.05 Å². The van der Waals surface area contributed by atoms with E-state index in [0.717, 1.165) is 11.4 Å². The highest BCUT2D eigenvalue weighted by Gasteiger charge is 2.15. The molecule has 1 unspecified atom stereocenters. The molecule has 4 heteroatoms. The molecule has 0 bridgehead atoms. The maximum atomic E-state index is 6.23. The maximum absolute atomic E-state index is 6.23. The SMILES string of the molecule is Cn1ncnc1CC(N)c1ccc(C(C)(C)C)cc1. The van der Waals surface area contributed by atoms with Gasteiger partial charge < -0.3 is 5.73 Å². The molecule has 0 spiro atoms. The van der Waals surface area contributed by atoms with Crippen molar-refractivity contribution in [3.05, 3.63) is 47.5 Å². The summed E-state index contributed by atoms with van der Waals surface area (Å²) in [6, 6.07) is 8.50. The average Bonchev–Trinajstić information content (AvgIpc) is 2.74. The normalized spacial score (nSPS) is 13.5. The Morgan fingerprint density at radius 2 is 1.84 bits per heavy atom. The molecule has 19 heavy (non-hydrogen) atoms. The number of hydrogen-bond donors (Lipinski definition) is 1. The van der Waals surface area contributed by atoms with Crippen LogP contribution < -0.4 is 5.73 Å². The van der Waals surface area contributed by atoms with Gasteiger partial charge in [-0.3, -0.25) is 4.68 Å². The van der Waals surface area contributed by atoms with E-state index in [-0.39, 0.29) is 11.5 Å². The van der Waals surface area contributed by atoms with Crippen molar-refractivity contribution in [3.63, 3.8) is 0 Å². The minimum atomic E-state index is -0.0445. The molecule has 4 nitrogen and oxygen atoms in total. The highest BCUT2D eigenvalue weighted by atomic mass is 15.3. The molecule has 2 N–H and O–H groups in total. The molecule has 0 fully saturated rings. The molecule has 1 heterocycles. The van der Waals surface area contributed by atoms with Crippen LogP contribution in [0.5, 0.6) is 0 Å². The number of aromatic nitrogens is 3. The number of nitrogens with two attached hydrogens (primary N) is 1. The molecule has 0 aliphatic carbocycles. The summed E-state index contributed by atoms with van der Waals surface area (Å²) in [4.78, 5) is 4.21. The van der Waals surface area contributed by atoms with Gasteiger partial charge >= 0.3 is 0 Å². The number of rotatable bonds is 3. The van der Waals surface area contributed by atoms with Crippen LogP contribution >= 0.6 is 0 Å². The summed E-state index contributed by atoms with van der Waals surface area (Å²) in [5.41, 5.74) is 8.86. The Balaban J connectivity index is 2.12. The van der Waals surface area contributed by atoms with Crippen LogP contribution in [0.3, 0.4) is 0 Å². The fourth-order valence-corrected chi connectivity index (χ4v) is 2.05. The Hall–Kier alpha value is -1.68. The van der Waals surface area contributed by atoms with E-state index < -0.39 is 0 Å². The third kappa shape index (κ3) is 3.20. The van der Waals surface area contributed by atoms with Crippen molar-refractivity contribution in [2.45, 2.75) is 38.6 Å². The van der Waals surface area contributed by atoms with E-state index >= 15 is 0 Å². The van der Waals surface area contributed by atoms with Crippen molar-refractivity contribution in [3.8, 4) is 0 Å². The molecule has 0 radical (unpaired) electrons. The van der Waals surface area contributed by atoms with Crippen molar-refractivity contribution >= 4 is 0 Å². The Labute approximate surface area is 114 Å². The molecule has 1 aromatic carbocycles. The molecular formula is C15H22N4. The van der Waals surface area contributed by atoms with Crippen LogP contribution in [0.25, 0.3) is 0 Å². The van der Waals surface area contributed by atoms with Gasteiger partial charge in [0, 0.05) is 19.5 Å². The Morgan fingerprint density at radius 3 is 2.32 bits per heavy atom. The summed E-state index contributed by atoms with van der Waals surface area (Å²) in [6.45, 7) is 6.63. The molecule has 102 valence electrons. The van der Waals surface area contributed by atoms with E-state index in [2.05, 4.69) is 55.1 Å². The number of benzene rings is 1. The van der Waals surface area contributed by atoms with Crippen LogP contribution in [0, 0.1) is 0 Å². The maximum Gasteiger partial charge on any atom is 0.138 e. The number of aryl methyl sites for hydroxylation is 1. The molecule has 0 aliphatic heterocycles. The molecule has 1 aromatic heterocycles. The van der Waals surface area contributed by atoms with E-state index in [1.165, 1.54) is 5.56 Å². The van der Waals surface area contributed by atoms with Gasteiger partial charge in [0.15, 0.2) is 0 Å². The third-order valence-corrected chi connectivity index (χ3v) is 3.41. The Bertz CT molecular complexity index is 534. The summed E-state index contributed by atoms with van der Waals surface area (Å²) in [7, 11) is 1.89. The molecule has 0 amide bonds. The first-order chi connectivity index (χ1) is 8.88. The van der Waals surface area contributed by atoms with Crippen LogP contribution in [0.1, 0.15) is 43.8 Å². The lowest BCUT2D eigenvalue weighted by Gasteiger charge is -2.20. The van der Waals surface area contributed by atoms with Gasteiger partial charge in [-0.25, -0.2) is 4.98 Å². The highest BCUT2D eigenvalue weighted by molar-refractivity contribution is 5.29. The lowest BCUT2D eigenvalue weighted by molar-refractivity contribution is 0.588. The van der Waals surface area contributed by atoms with E-state index in [0.29, 0.717) is 6.42 Å². The molecule has 2 aromatic rings. The second kappa shape index (κ2) is 5.13. The van der Waals surface area contributed by atoms with Crippen LogP contribution in [-0.2, 0) is 18.9 Å². The van der Waals surface area contributed by atoms with E-state index in [4.69, 9.17) is 5.73 Å². The van der Waals surface area contributed by atoms with Crippen molar-refractivity contribution in [2.75, 3.05) is 0 Å². The molecule has 0 saturated heterocycles. The summed E-state index contributed by atoms with van der Waals surface area (Å²) in [6.07, 6.45) is 2.26. The van der Waals surface area contributed by atoms with Crippen molar-refractivity contribution in [1.82, 2.24) is 14.8 Å². The predicted molar refractivity (Wildman–Crippen MR) is 76.8 cm³/mol. The van der Waals surface area contributed by atoms with Gasteiger partial charge in [0.1, 0.15) is 12.2 Å². The first-order valence-corrected chi connectivity index (χ1v) is 6.57. The van der Waals surface area contributed by atoms with Crippen LogP contribution in [0.15, 0.2) is 30.6 Å². The Kier molecular flexibility index (Phi) is 3.71. The van der Waals surface area contributed by atoms with Crippen LogP contribution in [-0.4, -0.2) is 14.8 Å². The fraction of sp³-hybridized carbons (Fsp3) is 0.467. The summed E-state index contributed by atoms with van der Waals surface area (Å²) in [5, 5.41) is 4.06. The van der Waals surface area contributed by atoms with Gasteiger partial charge in [-0.15, -0.1) is 0 Å². The summed E-state index contributed by atoms with van der Waals surface area (Å²) < 4.78 is 1.77. The van der Waals surface area contributed by atoms with E-state index in [1.54, 1.807) is 11.0 Å². The molecular weight excluding hydrogens is 236 g/mol. The lowest BCUT2D eigenvalue weighted by atomic mass is 9.86. The summed E-state index contributed by atoms with van der Waals surface area (Å²) >= 11 is 0. The standard InChI is InChI=1S/C15H22N4/c1-15(2,3)12-7-5-11(6-8-12)13(16)9-14-17-10-18-19(14)4/h5-8,10,13H,9,16H2,1-4H3. The van der Waals surface area contributed by atoms with Crippen molar-refractivity contribution in [2.24, 2.45) is 12.8 Å². The van der Waals surface area contributed by atoms with Gasteiger partial charge in [0.05, 0.1) is 0 Å². The first-order valence-electron chi connectivity index (χ1n) is 6.57. The predicted octanol–water partition coefficient (Wildman–Crippen LogP) is 2.36. The van der Waals surface area contributed by atoms with Gasteiger partial charge in [0.25, 0.3) is 0 Å². The van der Waals surface area contributed by atoms with Gasteiger partial charge in [-0.2, -0.15) is 5.10 Å². The molecule has 0 saturated carbocycles. The van der Waals surface area contributed by atoms with Crippen LogP contribution in [0.4, 0.5) is 0 Å². The van der Waals surface area contributed by atoms with Crippen LogP contribution in [0.2, 0.25) is 0 Å². The number of hydrogen-bond acceptors (Lipinski definition) is 3. The van der Waals surface area contributed by atoms with Crippen molar-refractivity contribution in [1.29, 1.82) is 0 Å². The molecule has 0 aliphatic rings. The lowest BCUT2D eigenvalue weighted by Crippen LogP contribution is -2.17. The minimum absolute atomic E-state index is 0.0445. The van der Waals surface area contributed by atoms with Crippen molar-refractivity contribution < 1.29 is 0 Å². The zero-order valence-corrected chi connectivity index (χ0v) is 12.1. The minimum Gasteiger partial charge on any atom is -0.324 e.